The predicted molar refractivity (Wildman–Crippen MR) is 60.2 cm³/mol. The van der Waals surface area contributed by atoms with E-state index in [-0.39, 0.29) is 6.61 Å². The van der Waals surface area contributed by atoms with E-state index in [2.05, 4.69) is 0 Å². The monoisotopic (exact) mass is 281 g/mol. The average Bonchev–Trinajstić information content (AvgIpc) is 2.26. The molecule has 1 aromatic rings. The number of nitrogens with one attached hydrogen (secondary N) is 1. The maximum absolute atomic E-state index is 11.8. The van der Waals surface area contributed by atoms with Gasteiger partial charge in [0.15, 0.2) is 0 Å². The fraction of sp³-hybridized carbons (Fsp3) is 0.364. The summed E-state index contributed by atoms with van der Waals surface area (Å²) in [4.78, 5) is 11.1. The minimum Gasteiger partial charge on any atom is -0.460 e. The molecule has 0 unspecified atom stereocenters. The summed E-state index contributed by atoms with van der Waals surface area (Å²) < 4.78 is 40.1. The summed E-state index contributed by atoms with van der Waals surface area (Å²) in [6, 6.07) is 6.74. The Kier molecular flexibility index (Phi) is 5.43. The van der Waals surface area contributed by atoms with Gasteiger partial charge in [-0.1, -0.05) is 29.8 Å². The fourth-order valence-electron chi connectivity index (χ4n) is 1.13. The molecule has 0 heterocycles. The molecule has 0 aliphatic rings. The lowest BCUT2D eigenvalue weighted by molar-refractivity contribution is -0.145. The molecular weight excluding hydrogens is 271 g/mol. The second kappa shape index (κ2) is 6.61. The van der Waals surface area contributed by atoms with Gasteiger partial charge in [-0.15, -0.1) is 0 Å². The van der Waals surface area contributed by atoms with Crippen LogP contribution in [0.5, 0.6) is 0 Å². The van der Waals surface area contributed by atoms with E-state index in [4.69, 9.17) is 16.3 Å². The molecule has 0 aliphatic heterocycles. The summed E-state index contributed by atoms with van der Waals surface area (Å²) >= 11 is 5.82. The van der Waals surface area contributed by atoms with Gasteiger partial charge < -0.3 is 4.74 Å². The first kappa shape index (κ1) is 14.8. The fourth-order valence-corrected chi connectivity index (χ4v) is 1.32. The van der Waals surface area contributed by atoms with Crippen molar-refractivity contribution in [2.45, 2.75) is 12.8 Å². The molecule has 100 valence electrons. The average molecular weight is 282 g/mol. The minimum atomic E-state index is -4.34. The van der Waals surface area contributed by atoms with Crippen molar-refractivity contribution in [2.75, 3.05) is 13.1 Å². The highest BCUT2D eigenvalue weighted by Crippen LogP contribution is 2.15. The molecule has 1 aromatic carbocycles. The standard InChI is InChI=1S/C11H11ClF3NO2/c12-9-4-2-1-3-8(9)6-18-10(17)5-16-7-11(13,14)15/h1-4,16H,5-7H2. The number of halogens is 4. The number of carbonyl (C=O) groups is 1. The van der Waals surface area contributed by atoms with E-state index in [1.807, 2.05) is 5.32 Å². The van der Waals surface area contributed by atoms with Gasteiger partial charge in [0, 0.05) is 10.6 Å². The van der Waals surface area contributed by atoms with Gasteiger partial charge in [-0.3, -0.25) is 10.1 Å². The summed E-state index contributed by atoms with van der Waals surface area (Å²) in [5.41, 5.74) is 0.600. The van der Waals surface area contributed by atoms with Gasteiger partial charge in [0.25, 0.3) is 0 Å². The Bertz CT molecular complexity index is 410. The van der Waals surface area contributed by atoms with Crippen LogP contribution in [0.2, 0.25) is 5.02 Å². The molecule has 1 N–H and O–H groups in total. The van der Waals surface area contributed by atoms with Crippen LogP contribution in [-0.4, -0.2) is 25.2 Å². The summed E-state index contributed by atoms with van der Waals surface area (Å²) in [6.07, 6.45) is -4.34. The van der Waals surface area contributed by atoms with Crippen molar-refractivity contribution >= 4 is 17.6 Å². The topological polar surface area (TPSA) is 38.3 Å². The van der Waals surface area contributed by atoms with Gasteiger partial charge in [-0.05, 0) is 6.07 Å². The van der Waals surface area contributed by atoms with Crippen LogP contribution in [0.3, 0.4) is 0 Å². The van der Waals surface area contributed by atoms with Crippen molar-refractivity contribution in [3.05, 3.63) is 34.9 Å². The molecule has 0 aliphatic carbocycles. The number of rotatable bonds is 5. The van der Waals surface area contributed by atoms with Gasteiger partial charge in [0.2, 0.25) is 0 Å². The van der Waals surface area contributed by atoms with Crippen LogP contribution in [0.1, 0.15) is 5.56 Å². The van der Waals surface area contributed by atoms with E-state index in [0.717, 1.165) is 0 Å². The Hall–Kier alpha value is -1.27. The summed E-state index contributed by atoms with van der Waals surface area (Å²) in [6.45, 7) is -1.79. The van der Waals surface area contributed by atoms with Crippen LogP contribution < -0.4 is 5.32 Å². The number of carbonyl (C=O) groups excluding carboxylic acids is 1. The molecule has 0 saturated heterocycles. The normalized spacial score (nSPS) is 11.3. The molecular formula is C11H11ClF3NO2. The Labute approximate surface area is 107 Å². The van der Waals surface area contributed by atoms with Gasteiger partial charge in [0.05, 0.1) is 13.1 Å². The molecule has 3 nitrogen and oxygen atoms in total. The van der Waals surface area contributed by atoms with E-state index in [1.165, 1.54) is 0 Å². The van der Waals surface area contributed by atoms with E-state index >= 15 is 0 Å². The first-order valence-electron chi connectivity index (χ1n) is 5.05. The van der Waals surface area contributed by atoms with Gasteiger partial charge in [-0.2, -0.15) is 13.2 Å². The zero-order valence-corrected chi connectivity index (χ0v) is 10.0. The number of hydrogen-bond acceptors (Lipinski definition) is 3. The molecule has 0 radical (unpaired) electrons. The Morgan fingerprint density at radius 2 is 2.00 bits per heavy atom. The molecule has 0 spiro atoms. The first-order valence-corrected chi connectivity index (χ1v) is 5.43. The van der Waals surface area contributed by atoms with E-state index in [0.29, 0.717) is 10.6 Å². The van der Waals surface area contributed by atoms with E-state index in [9.17, 15) is 18.0 Å². The molecule has 0 bridgehead atoms. The summed E-state index contributed by atoms with van der Waals surface area (Å²) in [7, 11) is 0. The second-order valence-electron chi connectivity index (χ2n) is 3.47. The largest absolute Gasteiger partial charge is 0.460 e. The van der Waals surface area contributed by atoms with Crippen molar-refractivity contribution in [1.29, 1.82) is 0 Å². The van der Waals surface area contributed by atoms with Gasteiger partial charge >= 0.3 is 12.1 Å². The van der Waals surface area contributed by atoms with Crippen LogP contribution in [0.4, 0.5) is 13.2 Å². The Morgan fingerprint density at radius 3 is 2.61 bits per heavy atom. The molecule has 0 amide bonds. The highest BCUT2D eigenvalue weighted by atomic mass is 35.5. The zero-order valence-electron chi connectivity index (χ0n) is 9.26. The lowest BCUT2D eigenvalue weighted by Gasteiger charge is -2.09. The van der Waals surface area contributed by atoms with Crippen LogP contribution in [0, 0.1) is 0 Å². The molecule has 0 saturated carbocycles. The molecule has 0 aromatic heterocycles. The number of benzene rings is 1. The minimum absolute atomic E-state index is 0.0633. The number of ether oxygens (including phenoxy) is 1. The van der Waals surface area contributed by atoms with Gasteiger partial charge in [-0.25, -0.2) is 0 Å². The maximum atomic E-state index is 11.8. The Balaban J connectivity index is 2.28. The number of hydrogen-bond donors (Lipinski definition) is 1. The molecule has 0 fully saturated rings. The molecule has 1 rings (SSSR count). The lowest BCUT2D eigenvalue weighted by Crippen LogP contribution is -2.33. The van der Waals surface area contributed by atoms with Crippen molar-refractivity contribution < 1.29 is 22.7 Å². The SMILES string of the molecule is O=C(CNCC(F)(F)F)OCc1ccccc1Cl. The highest BCUT2D eigenvalue weighted by molar-refractivity contribution is 6.31. The molecule has 7 heteroatoms. The third kappa shape index (κ3) is 5.88. The van der Waals surface area contributed by atoms with Crippen LogP contribution in [0.15, 0.2) is 24.3 Å². The predicted octanol–water partition coefficient (Wildman–Crippen LogP) is 2.54. The molecule has 18 heavy (non-hydrogen) atoms. The van der Waals surface area contributed by atoms with Crippen molar-refractivity contribution in [2.24, 2.45) is 0 Å². The molecule has 0 atom stereocenters. The third-order valence-electron chi connectivity index (χ3n) is 1.94. The number of esters is 1. The van der Waals surface area contributed by atoms with E-state index < -0.39 is 25.2 Å². The lowest BCUT2D eigenvalue weighted by atomic mass is 10.2. The van der Waals surface area contributed by atoms with Crippen LogP contribution in [0.25, 0.3) is 0 Å². The van der Waals surface area contributed by atoms with Crippen molar-refractivity contribution in [1.82, 2.24) is 5.32 Å². The van der Waals surface area contributed by atoms with Gasteiger partial charge in [0.1, 0.15) is 6.61 Å². The van der Waals surface area contributed by atoms with E-state index in [1.54, 1.807) is 24.3 Å². The summed E-state index contributed by atoms with van der Waals surface area (Å²) in [5.74, 6) is -0.765. The third-order valence-corrected chi connectivity index (χ3v) is 2.31. The highest BCUT2D eigenvalue weighted by Gasteiger charge is 2.26. The zero-order chi connectivity index (χ0) is 13.6. The quantitative estimate of drug-likeness (QED) is 0.843. The smallest absolute Gasteiger partial charge is 0.401 e. The maximum Gasteiger partial charge on any atom is 0.401 e. The van der Waals surface area contributed by atoms with Crippen molar-refractivity contribution in [3.63, 3.8) is 0 Å². The second-order valence-corrected chi connectivity index (χ2v) is 3.88. The van der Waals surface area contributed by atoms with Crippen LogP contribution >= 0.6 is 11.6 Å². The van der Waals surface area contributed by atoms with Crippen molar-refractivity contribution in [3.8, 4) is 0 Å². The first-order chi connectivity index (χ1) is 8.38. The summed E-state index contributed by atoms with van der Waals surface area (Å²) in [5, 5.41) is 2.38. The Morgan fingerprint density at radius 1 is 1.33 bits per heavy atom. The number of alkyl halides is 3. The van der Waals surface area contributed by atoms with Crippen LogP contribution in [-0.2, 0) is 16.1 Å².